The largest absolute Gasteiger partial charge is 0.497 e. The summed E-state index contributed by atoms with van der Waals surface area (Å²) >= 11 is 0.794. The predicted molar refractivity (Wildman–Crippen MR) is 104 cm³/mol. The molecule has 3 amide bonds. The molecule has 1 fully saturated rings. The first-order valence-electron chi connectivity index (χ1n) is 8.24. The molecule has 1 aliphatic heterocycles. The zero-order chi connectivity index (χ0) is 20.0. The van der Waals surface area contributed by atoms with Gasteiger partial charge >= 0.3 is 0 Å². The lowest BCUT2D eigenvalue weighted by Crippen LogP contribution is -2.41. The van der Waals surface area contributed by atoms with Gasteiger partial charge in [0.05, 0.1) is 19.1 Å². The van der Waals surface area contributed by atoms with Crippen molar-refractivity contribution >= 4 is 34.9 Å². The number of amides is 3. The number of nitrogens with zero attached hydrogens (tertiary/aromatic N) is 2. The Balaban J connectivity index is 2.11. The van der Waals surface area contributed by atoms with Crippen molar-refractivity contribution in [2.45, 2.75) is 0 Å². The lowest BCUT2D eigenvalue weighted by molar-refractivity contribution is -0.129. The third kappa shape index (κ3) is 5.48. The summed E-state index contributed by atoms with van der Waals surface area (Å²) in [5.74, 6) is 0.266. The fourth-order valence-electron chi connectivity index (χ4n) is 2.35. The zero-order valence-electron chi connectivity index (χ0n) is 15.8. The van der Waals surface area contributed by atoms with Gasteiger partial charge in [0.25, 0.3) is 11.1 Å². The summed E-state index contributed by atoms with van der Waals surface area (Å²) in [4.78, 5) is 39.8. The molecule has 27 heavy (non-hydrogen) atoms. The van der Waals surface area contributed by atoms with Crippen LogP contribution in [0.1, 0.15) is 5.56 Å². The summed E-state index contributed by atoms with van der Waals surface area (Å²) in [5.41, 5.74) is 0.609. The lowest BCUT2D eigenvalue weighted by Gasteiger charge is -2.14. The molecular weight excluding hydrogens is 370 g/mol. The number of thioether (sulfide) groups is 1. The number of hydrogen-bond acceptors (Lipinski definition) is 7. The van der Waals surface area contributed by atoms with Gasteiger partial charge < -0.3 is 19.7 Å². The Morgan fingerprint density at radius 3 is 2.63 bits per heavy atom. The second-order valence-corrected chi connectivity index (χ2v) is 7.02. The molecule has 1 aromatic rings. The van der Waals surface area contributed by atoms with Crippen molar-refractivity contribution in [3.05, 3.63) is 28.7 Å². The number of carbonyl (C=O) groups is 3. The molecule has 0 bridgehead atoms. The summed E-state index contributed by atoms with van der Waals surface area (Å²) < 4.78 is 10.5. The van der Waals surface area contributed by atoms with Gasteiger partial charge in [-0.25, -0.2) is 0 Å². The van der Waals surface area contributed by atoms with Gasteiger partial charge in [-0.05, 0) is 50.1 Å². The molecule has 1 N–H and O–H groups in total. The Kier molecular flexibility index (Phi) is 7.26. The van der Waals surface area contributed by atoms with Crippen LogP contribution in [-0.4, -0.2) is 74.8 Å². The number of methoxy groups -OCH3 is 2. The molecule has 1 aromatic carbocycles. The van der Waals surface area contributed by atoms with Crippen molar-refractivity contribution in [3.63, 3.8) is 0 Å². The van der Waals surface area contributed by atoms with Crippen LogP contribution in [0.25, 0.3) is 6.08 Å². The summed E-state index contributed by atoms with van der Waals surface area (Å²) in [7, 11) is 6.83. The van der Waals surface area contributed by atoms with E-state index in [-0.39, 0.29) is 17.4 Å². The van der Waals surface area contributed by atoms with Crippen LogP contribution in [-0.2, 0) is 9.59 Å². The third-order valence-corrected chi connectivity index (χ3v) is 4.69. The minimum atomic E-state index is -0.502. The van der Waals surface area contributed by atoms with Crippen LogP contribution in [0.5, 0.6) is 11.5 Å². The van der Waals surface area contributed by atoms with Crippen molar-refractivity contribution in [1.82, 2.24) is 15.1 Å². The van der Waals surface area contributed by atoms with Crippen LogP contribution in [0.4, 0.5) is 4.79 Å². The van der Waals surface area contributed by atoms with E-state index >= 15 is 0 Å². The number of ether oxygens (including phenoxy) is 2. The molecule has 8 nitrogen and oxygen atoms in total. The van der Waals surface area contributed by atoms with E-state index < -0.39 is 11.1 Å². The fraction of sp³-hybridized carbons (Fsp3) is 0.389. The van der Waals surface area contributed by atoms with E-state index in [0.717, 1.165) is 16.7 Å². The standard InChI is InChI=1S/C18H23N3O5S/c1-20(2)8-7-19-16(22)11-21-17(23)15(27-18(21)24)10-12-9-13(25-3)5-6-14(12)26-4/h5-6,9-10H,7-8,11H2,1-4H3,(H,19,22). The van der Waals surface area contributed by atoms with E-state index in [1.807, 2.05) is 19.0 Å². The van der Waals surface area contributed by atoms with E-state index in [4.69, 9.17) is 9.47 Å². The highest BCUT2D eigenvalue weighted by molar-refractivity contribution is 8.18. The summed E-state index contributed by atoms with van der Waals surface area (Å²) in [6.07, 6.45) is 1.57. The number of benzene rings is 1. The van der Waals surface area contributed by atoms with Gasteiger partial charge in [-0.2, -0.15) is 0 Å². The normalized spacial score (nSPS) is 15.6. The van der Waals surface area contributed by atoms with Crippen LogP contribution < -0.4 is 14.8 Å². The second-order valence-electron chi connectivity index (χ2n) is 6.03. The van der Waals surface area contributed by atoms with Crippen molar-refractivity contribution in [1.29, 1.82) is 0 Å². The van der Waals surface area contributed by atoms with Crippen LogP contribution in [0.2, 0.25) is 0 Å². The Bertz CT molecular complexity index is 763. The molecular formula is C18H23N3O5S. The molecule has 1 heterocycles. The predicted octanol–water partition coefficient (Wildman–Crippen LogP) is 1.42. The molecule has 1 aliphatic rings. The molecule has 0 spiro atoms. The Labute approximate surface area is 162 Å². The fourth-order valence-corrected chi connectivity index (χ4v) is 3.18. The maximum absolute atomic E-state index is 12.5. The zero-order valence-corrected chi connectivity index (χ0v) is 16.6. The minimum absolute atomic E-state index is 0.229. The Hall–Kier alpha value is -2.52. The Morgan fingerprint density at radius 1 is 1.26 bits per heavy atom. The van der Waals surface area contributed by atoms with Crippen molar-refractivity contribution in [2.24, 2.45) is 0 Å². The molecule has 0 saturated carbocycles. The first kappa shape index (κ1) is 20.8. The molecule has 0 aromatic heterocycles. The quantitative estimate of drug-likeness (QED) is 0.668. The topological polar surface area (TPSA) is 88.2 Å². The monoisotopic (exact) mass is 393 g/mol. The van der Waals surface area contributed by atoms with Gasteiger partial charge in [0, 0.05) is 18.7 Å². The second kappa shape index (κ2) is 9.43. The summed E-state index contributed by atoms with van der Waals surface area (Å²) in [6.45, 7) is 0.812. The number of hydrogen-bond donors (Lipinski definition) is 1. The maximum atomic E-state index is 12.5. The highest BCUT2D eigenvalue weighted by Crippen LogP contribution is 2.34. The van der Waals surface area contributed by atoms with Gasteiger partial charge in [0.1, 0.15) is 18.0 Å². The smallest absolute Gasteiger partial charge is 0.294 e. The molecule has 0 radical (unpaired) electrons. The van der Waals surface area contributed by atoms with Crippen molar-refractivity contribution in [3.8, 4) is 11.5 Å². The van der Waals surface area contributed by atoms with Crippen LogP contribution in [0, 0.1) is 0 Å². The molecule has 146 valence electrons. The average molecular weight is 393 g/mol. The van der Waals surface area contributed by atoms with E-state index in [1.165, 1.54) is 14.2 Å². The van der Waals surface area contributed by atoms with Crippen LogP contribution >= 0.6 is 11.8 Å². The molecule has 0 unspecified atom stereocenters. The molecule has 0 aliphatic carbocycles. The highest BCUT2D eigenvalue weighted by atomic mass is 32.2. The Morgan fingerprint density at radius 2 is 2.00 bits per heavy atom. The lowest BCUT2D eigenvalue weighted by atomic mass is 10.1. The van der Waals surface area contributed by atoms with E-state index in [2.05, 4.69) is 5.32 Å². The molecule has 2 rings (SSSR count). The number of rotatable bonds is 8. The number of likely N-dealkylation sites (N-methyl/N-ethyl adjacent to an activating group) is 1. The van der Waals surface area contributed by atoms with Gasteiger partial charge in [0.2, 0.25) is 5.91 Å². The third-order valence-electron chi connectivity index (χ3n) is 3.78. The van der Waals surface area contributed by atoms with Gasteiger partial charge in [-0.1, -0.05) is 0 Å². The number of nitrogens with one attached hydrogen (secondary N) is 1. The SMILES string of the molecule is COc1ccc(OC)c(C=C2SC(=O)N(CC(=O)NCCN(C)C)C2=O)c1. The summed E-state index contributed by atoms with van der Waals surface area (Å²) in [6, 6.07) is 5.16. The average Bonchev–Trinajstić information content (AvgIpc) is 2.88. The first-order valence-corrected chi connectivity index (χ1v) is 9.06. The van der Waals surface area contributed by atoms with Crippen molar-refractivity contribution in [2.75, 3.05) is 47.9 Å². The number of carbonyl (C=O) groups excluding carboxylic acids is 3. The van der Waals surface area contributed by atoms with Gasteiger partial charge in [-0.15, -0.1) is 0 Å². The van der Waals surface area contributed by atoms with Crippen molar-refractivity contribution < 1.29 is 23.9 Å². The highest BCUT2D eigenvalue weighted by Gasteiger charge is 2.36. The maximum Gasteiger partial charge on any atom is 0.294 e. The first-order chi connectivity index (χ1) is 12.8. The van der Waals surface area contributed by atoms with E-state index in [0.29, 0.717) is 30.2 Å². The van der Waals surface area contributed by atoms with Gasteiger partial charge in [-0.3, -0.25) is 19.3 Å². The summed E-state index contributed by atoms with van der Waals surface area (Å²) in [5, 5.41) is 2.21. The van der Waals surface area contributed by atoms with Crippen LogP contribution in [0.15, 0.2) is 23.1 Å². The number of imide groups is 1. The van der Waals surface area contributed by atoms with Crippen LogP contribution in [0.3, 0.4) is 0 Å². The van der Waals surface area contributed by atoms with Gasteiger partial charge in [0.15, 0.2) is 0 Å². The molecule has 1 saturated heterocycles. The van der Waals surface area contributed by atoms with E-state index in [9.17, 15) is 14.4 Å². The molecule has 0 atom stereocenters. The van der Waals surface area contributed by atoms with E-state index in [1.54, 1.807) is 24.3 Å². The molecule has 9 heteroatoms. The minimum Gasteiger partial charge on any atom is -0.497 e.